The van der Waals surface area contributed by atoms with Crippen molar-refractivity contribution < 1.29 is 18.7 Å². The molecule has 0 aliphatic heterocycles. The first kappa shape index (κ1) is 13.3. The zero-order valence-electron chi connectivity index (χ0n) is 9.03. The van der Waals surface area contributed by atoms with Crippen LogP contribution in [-0.4, -0.2) is 36.1 Å². The van der Waals surface area contributed by atoms with Gasteiger partial charge in [-0.3, -0.25) is 4.79 Å². The number of carbonyl (C=O) groups is 1. The molecule has 0 radical (unpaired) electrons. The van der Waals surface area contributed by atoms with Crippen LogP contribution in [0.25, 0.3) is 0 Å². The van der Waals surface area contributed by atoms with E-state index < -0.39 is 19.1 Å². The first-order valence-corrected chi connectivity index (χ1v) is 5.52. The molecular weight excluding hydrogens is 218 g/mol. The third-order valence-corrected chi connectivity index (χ3v) is 2.93. The minimum absolute atomic E-state index is 0.197. The quantitative estimate of drug-likeness (QED) is 0.654. The summed E-state index contributed by atoms with van der Waals surface area (Å²) in [7, 11) is 0. The minimum atomic E-state index is -2.83. The molecule has 1 amide bonds. The molecule has 0 spiro atoms. The van der Waals surface area contributed by atoms with E-state index in [-0.39, 0.29) is 17.9 Å². The number of amides is 1. The Kier molecular flexibility index (Phi) is 5.08. The van der Waals surface area contributed by atoms with Crippen LogP contribution in [0.15, 0.2) is 0 Å². The van der Waals surface area contributed by atoms with Crippen LogP contribution in [0.4, 0.5) is 8.78 Å². The highest BCUT2D eigenvalue weighted by Gasteiger charge is 2.28. The van der Waals surface area contributed by atoms with Crippen molar-refractivity contribution in [3.05, 3.63) is 0 Å². The van der Waals surface area contributed by atoms with Gasteiger partial charge in [0.2, 0.25) is 5.91 Å². The van der Waals surface area contributed by atoms with E-state index in [1.807, 2.05) is 0 Å². The Hall–Kier alpha value is -0.750. The standard InChI is InChI=1S/C10H18F2N2O2/c11-9(12)8(15)5-14-10(16)6-3-1-2-4-7(6)13/h6-9,15H,1-5,13H2,(H,14,16). The highest BCUT2D eigenvalue weighted by molar-refractivity contribution is 5.79. The van der Waals surface area contributed by atoms with Crippen LogP contribution in [0.3, 0.4) is 0 Å². The van der Waals surface area contributed by atoms with Gasteiger partial charge in [0.15, 0.2) is 0 Å². The molecule has 1 saturated carbocycles. The fourth-order valence-electron chi connectivity index (χ4n) is 1.91. The van der Waals surface area contributed by atoms with Gasteiger partial charge < -0.3 is 16.2 Å². The molecule has 1 aliphatic carbocycles. The molecule has 4 N–H and O–H groups in total. The molecule has 0 aromatic heterocycles. The first-order chi connectivity index (χ1) is 7.52. The second kappa shape index (κ2) is 6.10. The third-order valence-electron chi connectivity index (χ3n) is 2.93. The fraction of sp³-hybridized carbons (Fsp3) is 0.900. The van der Waals surface area contributed by atoms with E-state index in [9.17, 15) is 13.6 Å². The summed E-state index contributed by atoms with van der Waals surface area (Å²) < 4.78 is 23.9. The molecule has 0 aromatic carbocycles. The van der Waals surface area contributed by atoms with Gasteiger partial charge in [-0.15, -0.1) is 0 Å². The molecule has 1 aliphatic rings. The number of nitrogens with two attached hydrogens (primary N) is 1. The van der Waals surface area contributed by atoms with Gasteiger partial charge in [-0.1, -0.05) is 12.8 Å². The summed E-state index contributed by atoms with van der Waals surface area (Å²) in [6.45, 7) is -0.417. The molecule has 4 nitrogen and oxygen atoms in total. The topological polar surface area (TPSA) is 75.4 Å². The first-order valence-electron chi connectivity index (χ1n) is 5.52. The predicted octanol–water partition coefficient (Wildman–Crippen LogP) is 0.246. The molecule has 3 atom stereocenters. The van der Waals surface area contributed by atoms with Gasteiger partial charge in [0, 0.05) is 12.6 Å². The van der Waals surface area contributed by atoms with E-state index in [1.165, 1.54) is 0 Å². The van der Waals surface area contributed by atoms with Gasteiger partial charge in [0.25, 0.3) is 6.43 Å². The summed E-state index contributed by atoms with van der Waals surface area (Å²) in [6, 6.07) is -0.197. The normalized spacial score (nSPS) is 27.8. The lowest BCUT2D eigenvalue weighted by Gasteiger charge is -2.27. The van der Waals surface area contributed by atoms with E-state index >= 15 is 0 Å². The second-order valence-corrected chi connectivity index (χ2v) is 4.20. The van der Waals surface area contributed by atoms with Crippen LogP contribution >= 0.6 is 0 Å². The summed E-state index contributed by atoms with van der Waals surface area (Å²) in [5, 5.41) is 11.2. The molecule has 1 fully saturated rings. The van der Waals surface area contributed by atoms with Crippen molar-refractivity contribution in [1.29, 1.82) is 0 Å². The van der Waals surface area contributed by atoms with Crippen molar-refractivity contribution >= 4 is 5.91 Å². The SMILES string of the molecule is NC1CCCCC1C(=O)NCC(O)C(F)F. The summed E-state index contributed by atoms with van der Waals surface area (Å²) in [5.41, 5.74) is 5.77. The van der Waals surface area contributed by atoms with Crippen molar-refractivity contribution in [1.82, 2.24) is 5.32 Å². The van der Waals surface area contributed by atoms with Crippen LogP contribution in [0.2, 0.25) is 0 Å². The smallest absolute Gasteiger partial charge is 0.265 e. The Morgan fingerprint density at radius 3 is 2.62 bits per heavy atom. The lowest BCUT2D eigenvalue weighted by Crippen LogP contribution is -2.46. The van der Waals surface area contributed by atoms with E-state index in [0.717, 1.165) is 19.3 Å². The molecule has 94 valence electrons. The zero-order valence-corrected chi connectivity index (χ0v) is 9.03. The second-order valence-electron chi connectivity index (χ2n) is 4.20. The minimum Gasteiger partial charge on any atom is -0.385 e. The lowest BCUT2D eigenvalue weighted by molar-refractivity contribution is -0.127. The Balaban J connectivity index is 2.33. The Morgan fingerprint density at radius 1 is 1.44 bits per heavy atom. The van der Waals surface area contributed by atoms with Gasteiger partial charge in [-0.05, 0) is 12.8 Å². The number of aliphatic hydroxyl groups is 1. The van der Waals surface area contributed by atoms with Crippen LogP contribution in [0.5, 0.6) is 0 Å². The van der Waals surface area contributed by atoms with Crippen molar-refractivity contribution in [2.24, 2.45) is 11.7 Å². The lowest BCUT2D eigenvalue weighted by atomic mass is 9.84. The molecule has 0 heterocycles. The average molecular weight is 236 g/mol. The molecule has 6 heteroatoms. The predicted molar refractivity (Wildman–Crippen MR) is 55.0 cm³/mol. The van der Waals surface area contributed by atoms with Gasteiger partial charge in [0.05, 0.1) is 5.92 Å². The van der Waals surface area contributed by atoms with E-state index in [2.05, 4.69) is 5.32 Å². The number of alkyl halides is 2. The molecule has 0 bridgehead atoms. The number of rotatable bonds is 4. The van der Waals surface area contributed by atoms with Gasteiger partial charge in [-0.2, -0.15) is 0 Å². The summed E-state index contributed by atoms with van der Waals surface area (Å²) in [5.74, 6) is -0.634. The Labute approximate surface area is 93.2 Å². The molecular formula is C10H18F2N2O2. The molecule has 3 unspecified atom stereocenters. The Bertz CT molecular complexity index is 239. The number of aliphatic hydroxyl groups excluding tert-OH is 1. The number of nitrogens with one attached hydrogen (secondary N) is 1. The monoisotopic (exact) mass is 236 g/mol. The summed E-state index contributed by atoms with van der Waals surface area (Å²) in [6.07, 6.45) is -1.22. The highest BCUT2D eigenvalue weighted by atomic mass is 19.3. The zero-order chi connectivity index (χ0) is 12.1. The molecule has 1 rings (SSSR count). The van der Waals surface area contributed by atoms with Crippen molar-refractivity contribution in [2.75, 3.05) is 6.54 Å². The van der Waals surface area contributed by atoms with Crippen molar-refractivity contribution in [3.8, 4) is 0 Å². The van der Waals surface area contributed by atoms with Crippen molar-refractivity contribution in [3.63, 3.8) is 0 Å². The van der Waals surface area contributed by atoms with Crippen LogP contribution in [0, 0.1) is 5.92 Å². The van der Waals surface area contributed by atoms with Gasteiger partial charge >= 0.3 is 0 Å². The molecule has 0 aromatic rings. The number of hydrogen-bond acceptors (Lipinski definition) is 3. The highest BCUT2D eigenvalue weighted by Crippen LogP contribution is 2.22. The van der Waals surface area contributed by atoms with Gasteiger partial charge in [0.1, 0.15) is 6.10 Å². The van der Waals surface area contributed by atoms with Crippen LogP contribution in [-0.2, 0) is 4.79 Å². The maximum atomic E-state index is 12.0. The van der Waals surface area contributed by atoms with Gasteiger partial charge in [-0.25, -0.2) is 8.78 Å². The molecule has 16 heavy (non-hydrogen) atoms. The maximum Gasteiger partial charge on any atom is 0.265 e. The average Bonchev–Trinajstić information content (AvgIpc) is 2.25. The van der Waals surface area contributed by atoms with E-state index in [1.54, 1.807) is 0 Å². The third kappa shape index (κ3) is 3.68. The number of hydrogen-bond donors (Lipinski definition) is 3. The molecule has 0 saturated heterocycles. The largest absolute Gasteiger partial charge is 0.385 e. The number of carbonyl (C=O) groups excluding carboxylic acids is 1. The van der Waals surface area contributed by atoms with Crippen LogP contribution in [0.1, 0.15) is 25.7 Å². The summed E-state index contributed by atoms with van der Waals surface area (Å²) in [4.78, 5) is 11.6. The Morgan fingerprint density at radius 2 is 2.06 bits per heavy atom. The fourth-order valence-corrected chi connectivity index (χ4v) is 1.91. The number of halogens is 2. The van der Waals surface area contributed by atoms with Crippen LogP contribution < -0.4 is 11.1 Å². The van der Waals surface area contributed by atoms with E-state index in [0.29, 0.717) is 6.42 Å². The maximum absolute atomic E-state index is 12.0. The van der Waals surface area contributed by atoms with Crippen molar-refractivity contribution in [2.45, 2.75) is 44.3 Å². The van der Waals surface area contributed by atoms with E-state index in [4.69, 9.17) is 10.8 Å². The summed E-state index contributed by atoms with van der Waals surface area (Å²) >= 11 is 0.